The first-order valence-corrected chi connectivity index (χ1v) is 17.8. The monoisotopic (exact) mass is 646 g/mol. The summed E-state index contributed by atoms with van der Waals surface area (Å²) in [5.74, 6) is 0. The summed E-state index contributed by atoms with van der Waals surface area (Å²) in [7, 11) is 0. The van der Waals surface area contributed by atoms with Crippen molar-refractivity contribution in [2.75, 3.05) is 0 Å². The molecule has 0 aliphatic heterocycles. The minimum Gasteiger partial charge on any atom is -0.0622 e. The molecule has 7 aromatic carbocycles. The van der Waals surface area contributed by atoms with Gasteiger partial charge in [-0.3, -0.25) is 0 Å². The van der Waals surface area contributed by atoms with Crippen LogP contribution in [0.25, 0.3) is 44.5 Å². The molecule has 8 rings (SSSR count). The van der Waals surface area contributed by atoms with Gasteiger partial charge in [0, 0.05) is 5.41 Å². The first kappa shape index (κ1) is 33.1. The third-order valence-electron chi connectivity index (χ3n) is 10.5. The van der Waals surface area contributed by atoms with Gasteiger partial charge in [0.25, 0.3) is 0 Å². The van der Waals surface area contributed by atoms with E-state index in [1.807, 2.05) is 0 Å². The molecule has 0 unspecified atom stereocenters. The van der Waals surface area contributed by atoms with E-state index in [1.54, 1.807) is 0 Å². The van der Waals surface area contributed by atoms with Crippen LogP contribution in [0, 0.1) is 27.7 Å². The van der Waals surface area contributed by atoms with E-state index in [-0.39, 0.29) is 5.41 Å². The van der Waals surface area contributed by atoms with Crippen molar-refractivity contribution in [2.45, 2.75) is 53.4 Å². The van der Waals surface area contributed by atoms with Gasteiger partial charge in [-0.05, 0) is 130 Å². The van der Waals surface area contributed by atoms with Gasteiger partial charge in [-0.2, -0.15) is 0 Å². The highest BCUT2D eigenvalue weighted by molar-refractivity contribution is 5.86. The fourth-order valence-corrected chi connectivity index (χ4v) is 7.62. The molecule has 7 aromatic rings. The largest absolute Gasteiger partial charge is 0.0622 e. The summed E-state index contributed by atoms with van der Waals surface area (Å²) in [6, 6.07) is 57.4. The van der Waals surface area contributed by atoms with Crippen molar-refractivity contribution in [1.82, 2.24) is 0 Å². The number of hydrogen-bond acceptors (Lipinski definition) is 0. The summed E-state index contributed by atoms with van der Waals surface area (Å²) in [6.07, 6.45) is 0.943. The van der Waals surface area contributed by atoms with Gasteiger partial charge < -0.3 is 0 Å². The Bertz CT molecular complexity index is 2280. The zero-order chi connectivity index (χ0) is 34.8. The third-order valence-corrected chi connectivity index (χ3v) is 10.5. The predicted molar refractivity (Wildman–Crippen MR) is 215 cm³/mol. The molecule has 0 saturated heterocycles. The highest BCUT2D eigenvalue weighted by atomic mass is 14.4. The summed E-state index contributed by atoms with van der Waals surface area (Å²) in [5, 5.41) is 0. The SMILES string of the molecule is Cc1ccc(-c2ccc(Cc3ccccc3)c(-c3ccccc3C)c2)cc1.Cc1ccccc1-c1cc2c(cc1C)C(C)(C)c1ccccc1-2. The van der Waals surface area contributed by atoms with Crippen LogP contribution in [-0.4, -0.2) is 0 Å². The standard InChI is InChI=1S/C27H24.C23H22/c1-20-12-14-23(15-13-20)24-16-17-25(18-22-9-4-3-5-10-22)27(19-24)26-11-7-6-8-21(26)2;1-15-9-5-6-10-17(15)19-14-20-18-11-7-8-12-21(18)23(3,4)22(20)13-16(19)2/h3-17,19H,18H2,1-2H3;5-14H,1-4H3. The van der Waals surface area contributed by atoms with Gasteiger partial charge >= 0.3 is 0 Å². The molecule has 0 heterocycles. The van der Waals surface area contributed by atoms with Crippen molar-refractivity contribution >= 4 is 0 Å². The molecule has 0 saturated carbocycles. The van der Waals surface area contributed by atoms with Gasteiger partial charge in [-0.15, -0.1) is 0 Å². The lowest BCUT2D eigenvalue weighted by molar-refractivity contribution is 0.660. The molecule has 0 aromatic heterocycles. The molecular weight excluding hydrogens is 601 g/mol. The first-order valence-electron chi connectivity index (χ1n) is 17.8. The Hall–Kier alpha value is -5.46. The van der Waals surface area contributed by atoms with Crippen molar-refractivity contribution in [3.05, 3.63) is 202 Å². The van der Waals surface area contributed by atoms with Crippen LogP contribution in [0.3, 0.4) is 0 Å². The van der Waals surface area contributed by atoms with Gasteiger partial charge in [0.05, 0.1) is 0 Å². The second-order valence-corrected chi connectivity index (χ2v) is 14.4. The smallest absolute Gasteiger partial charge is 0.0158 e. The number of fused-ring (bicyclic) bond motifs is 3. The normalized spacial score (nSPS) is 12.4. The molecule has 0 amide bonds. The molecule has 0 heteroatoms. The average Bonchev–Trinajstić information content (AvgIpc) is 3.35. The molecule has 1 aliphatic carbocycles. The van der Waals surface area contributed by atoms with Gasteiger partial charge in [-0.1, -0.05) is 165 Å². The molecule has 0 N–H and O–H groups in total. The van der Waals surface area contributed by atoms with E-state index in [0.29, 0.717) is 0 Å². The quantitative estimate of drug-likeness (QED) is 0.175. The Labute approximate surface area is 299 Å². The lowest BCUT2D eigenvalue weighted by Crippen LogP contribution is -2.15. The highest BCUT2D eigenvalue weighted by Gasteiger charge is 2.35. The second-order valence-electron chi connectivity index (χ2n) is 14.4. The van der Waals surface area contributed by atoms with Gasteiger partial charge in [0.1, 0.15) is 0 Å². The number of benzene rings is 7. The van der Waals surface area contributed by atoms with E-state index in [1.165, 1.54) is 89.0 Å². The Morgan fingerprint density at radius 1 is 0.380 bits per heavy atom. The summed E-state index contributed by atoms with van der Waals surface area (Å²) in [4.78, 5) is 0. The van der Waals surface area contributed by atoms with Gasteiger partial charge in [-0.25, -0.2) is 0 Å². The summed E-state index contributed by atoms with van der Waals surface area (Å²) < 4.78 is 0. The third kappa shape index (κ3) is 6.47. The fourth-order valence-electron chi connectivity index (χ4n) is 7.62. The number of hydrogen-bond donors (Lipinski definition) is 0. The van der Waals surface area contributed by atoms with Crippen molar-refractivity contribution in [3.8, 4) is 44.5 Å². The zero-order valence-corrected chi connectivity index (χ0v) is 30.2. The molecule has 0 bridgehead atoms. The van der Waals surface area contributed by atoms with E-state index in [4.69, 9.17) is 0 Å². The first-order chi connectivity index (χ1) is 24.2. The van der Waals surface area contributed by atoms with E-state index >= 15 is 0 Å². The number of rotatable bonds is 5. The molecule has 0 radical (unpaired) electrons. The number of aryl methyl sites for hydroxylation is 4. The zero-order valence-electron chi connectivity index (χ0n) is 30.2. The second kappa shape index (κ2) is 13.8. The van der Waals surface area contributed by atoms with Crippen LogP contribution in [0.5, 0.6) is 0 Å². The van der Waals surface area contributed by atoms with E-state index < -0.39 is 0 Å². The maximum Gasteiger partial charge on any atom is 0.0158 e. The molecule has 1 aliphatic rings. The van der Waals surface area contributed by atoms with Crippen LogP contribution in [0.15, 0.2) is 158 Å². The van der Waals surface area contributed by atoms with Crippen LogP contribution < -0.4 is 0 Å². The van der Waals surface area contributed by atoms with Crippen LogP contribution in [0.4, 0.5) is 0 Å². The summed E-state index contributed by atoms with van der Waals surface area (Å²) in [5.41, 5.74) is 21.7. The molecule has 0 atom stereocenters. The average molecular weight is 647 g/mol. The Kier molecular flexibility index (Phi) is 9.13. The fraction of sp³-hybridized carbons (Fsp3) is 0.160. The van der Waals surface area contributed by atoms with Crippen LogP contribution in [-0.2, 0) is 11.8 Å². The van der Waals surface area contributed by atoms with Gasteiger partial charge in [0.15, 0.2) is 0 Å². The van der Waals surface area contributed by atoms with E-state index in [2.05, 4.69) is 199 Å². The maximum absolute atomic E-state index is 2.40. The van der Waals surface area contributed by atoms with Gasteiger partial charge in [0.2, 0.25) is 0 Å². The summed E-state index contributed by atoms with van der Waals surface area (Å²) >= 11 is 0. The predicted octanol–water partition coefficient (Wildman–Crippen LogP) is 13.5. The Morgan fingerprint density at radius 2 is 0.940 bits per heavy atom. The highest BCUT2D eigenvalue weighted by Crippen LogP contribution is 2.50. The van der Waals surface area contributed by atoms with Crippen molar-refractivity contribution in [1.29, 1.82) is 0 Å². The van der Waals surface area contributed by atoms with Crippen molar-refractivity contribution < 1.29 is 0 Å². The molecule has 246 valence electrons. The Morgan fingerprint density at radius 3 is 1.60 bits per heavy atom. The molecule has 0 nitrogen and oxygen atoms in total. The van der Waals surface area contributed by atoms with E-state index in [9.17, 15) is 0 Å². The van der Waals surface area contributed by atoms with Crippen LogP contribution in [0.2, 0.25) is 0 Å². The van der Waals surface area contributed by atoms with E-state index in [0.717, 1.165) is 6.42 Å². The van der Waals surface area contributed by atoms with Crippen molar-refractivity contribution in [3.63, 3.8) is 0 Å². The molecular formula is C50H46. The Balaban J connectivity index is 0.000000159. The minimum atomic E-state index is 0.0843. The lowest BCUT2D eigenvalue weighted by Gasteiger charge is -2.22. The molecule has 0 spiro atoms. The van der Waals surface area contributed by atoms with Crippen LogP contribution >= 0.6 is 0 Å². The van der Waals surface area contributed by atoms with Crippen LogP contribution in [0.1, 0.15) is 58.4 Å². The maximum atomic E-state index is 2.40. The van der Waals surface area contributed by atoms with Crippen molar-refractivity contribution in [2.24, 2.45) is 0 Å². The summed E-state index contributed by atoms with van der Waals surface area (Å²) in [6.45, 7) is 13.4. The topological polar surface area (TPSA) is 0 Å². The lowest BCUT2D eigenvalue weighted by atomic mass is 9.81. The molecule has 50 heavy (non-hydrogen) atoms. The molecule has 0 fully saturated rings. The minimum absolute atomic E-state index is 0.0843.